The zero-order valence-corrected chi connectivity index (χ0v) is 18.0. The van der Waals surface area contributed by atoms with Crippen LogP contribution < -0.4 is 4.74 Å². The maximum Gasteiger partial charge on any atom is 0.237 e. The molecular formula is C22H23N5O2S. The predicted molar refractivity (Wildman–Crippen MR) is 116 cm³/mol. The van der Waals surface area contributed by atoms with Crippen LogP contribution in [0.15, 0.2) is 64.3 Å². The Labute approximate surface area is 179 Å². The highest BCUT2D eigenvalue weighted by atomic mass is 32.2. The van der Waals surface area contributed by atoms with Crippen molar-refractivity contribution in [3.8, 4) is 22.8 Å². The van der Waals surface area contributed by atoms with Crippen LogP contribution in [-0.2, 0) is 12.2 Å². The van der Waals surface area contributed by atoms with Crippen LogP contribution in [0.1, 0.15) is 25.6 Å². The first kappa shape index (κ1) is 20.2. The van der Waals surface area contributed by atoms with Gasteiger partial charge < -0.3 is 9.26 Å². The van der Waals surface area contributed by atoms with Crippen molar-refractivity contribution in [1.29, 1.82) is 0 Å². The summed E-state index contributed by atoms with van der Waals surface area (Å²) in [7, 11) is 1.65. The van der Waals surface area contributed by atoms with E-state index < -0.39 is 0 Å². The second-order valence-corrected chi connectivity index (χ2v) is 8.14. The standard InChI is InChI=1S/C22H23N5O2S/c1-15(2)12-19-23-20(29-26-19)14-30-22-25-24-21(16-8-7-11-18(13-16)28-3)27(22)17-9-5-4-6-10-17/h4-11,13,15H,12,14H2,1-3H3. The molecule has 0 aliphatic rings. The summed E-state index contributed by atoms with van der Waals surface area (Å²) in [5.41, 5.74) is 1.91. The van der Waals surface area contributed by atoms with Gasteiger partial charge in [0.25, 0.3) is 0 Å². The zero-order valence-electron chi connectivity index (χ0n) is 17.1. The van der Waals surface area contributed by atoms with Crippen LogP contribution in [-0.4, -0.2) is 32.0 Å². The Morgan fingerprint density at radius 2 is 1.90 bits per heavy atom. The minimum absolute atomic E-state index is 0.481. The summed E-state index contributed by atoms with van der Waals surface area (Å²) in [6.07, 6.45) is 0.800. The van der Waals surface area contributed by atoms with Crippen LogP contribution in [0.4, 0.5) is 0 Å². The minimum Gasteiger partial charge on any atom is -0.497 e. The third-order valence-electron chi connectivity index (χ3n) is 4.40. The summed E-state index contributed by atoms with van der Waals surface area (Å²) in [5.74, 6) is 3.84. The van der Waals surface area contributed by atoms with Crippen LogP contribution in [0.3, 0.4) is 0 Å². The first-order valence-electron chi connectivity index (χ1n) is 9.73. The SMILES string of the molecule is COc1cccc(-c2nnc(SCc3nc(CC(C)C)no3)n2-c2ccccc2)c1. The lowest BCUT2D eigenvalue weighted by Gasteiger charge is -2.10. The maximum absolute atomic E-state index is 5.40. The Morgan fingerprint density at radius 1 is 1.07 bits per heavy atom. The molecule has 0 saturated carbocycles. The third-order valence-corrected chi connectivity index (χ3v) is 5.32. The Bertz CT molecular complexity index is 1110. The molecule has 2 aromatic heterocycles. The average molecular weight is 422 g/mol. The molecule has 0 fully saturated rings. The molecule has 0 bridgehead atoms. The number of methoxy groups -OCH3 is 1. The van der Waals surface area contributed by atoms with Gasteiger partial charge in [0.1, 0.15) is 5.75 Å². The predicted octanol–water partition coefficient (Wildman–Crippen LogP) is 4.82. The largest absolute Gasteiger partial charge is 0.497 e. The fraction of sp³-hybridized carbons (Fsp3) is 0.273. The van der Waals surface area contributed by atoms with Crippen molar-refractivity contribution in [3.63, 3.8) is 0 Å². The van der Waals surface area contributed by atoms with Crippen molar-refractivity contribution >= 4 is 11.8 Å². The number of nitrogens with zero attached hydrogens (tertiary/aromatic N) is 5. The van der Waals surface area contributed by atoms with E-state index in [1.54, 1.807) is 7.11 Å². The van der Waals surface area contributed by atoms with Crippen LogP contribution in [0.5, 0.6) is 5.75 Å². The van der Waals surface area contributed by atoms with Gasteiger partial charge in [-0.3, -0.25) is 4.57 Å². The van der Waals surface area contributed by atoms with Gasteiger partial charge in [-0.1, -0.05) is 61.1 Å². The second kappa shape index (κ2) is 9.13. The van der Waals surface area contributed by atoms with Crippen LogP contribution >= 0.6 is 11.8 Å². The second-order valence-electron chi connectivity index (χ2n) is 7.20. The molecular weight excluding hydrogens is 398 g/mol. The van der Waals surface area contributed by atoms with Gasteiger partial charge in [-0.05, 0) is 30.2 Å². The van der Waals surface area contributed by atoms with Gasteiger partial charge >= 0.3 is 0 Å². The van der Waals surface area contributed by atoms with Crippen LogP contribution in [0, 0.1) is 5.92 Å². The highest BCUT2D eigenvalue weighted by Crippen LogP contribution is 2.30. The zero-order chi connectivity index (χ0) is 20.9. The number of hydrogen-bond donors (Lipinski definition) is 0. The van der Waals surface area contributed by atoms with E-state index >= 15 is 0 Å². The molecule has 2 aromatic carbocycles. The van der Waals surface area contributed by atoms with Gasteiger partial charge in [-0.15, -0.1) is 10.2 Å². The van der Waals surface area contributed by atoms with E-state index in [1.165, 1.54) is 11.8 Å². The number of rotatable bonds is 8. The minimum atomic E-state index is 0.481. The lowest BCUT2D eigenvalue weighted by molar-refractivity contribution is 0.382. The van der Waals surface area contributed by atoms with Crippen LogP contribution in [0.2, 0.25) is 0 Å². The smallest absolute Gasteiger partial charge is 0.237 e. The number of para-hydroxylation sites is 1. The summed E-state index contributed by atoms with van der Waals surface area (Å²) < 4.78 is 12.8. The van der Waals surface area contributed by atoms with Gasteiger partial charge in [0.05, 0.1) is 12.9 Å². The van der Waals surface area contributed by atoms with E-state index in [0.29, 0.717) is 17.6 Å². The van der Waals surface area contributed by atoms with Crippen molar-refractivity contribution in [3.05, 3.63) is 66.3 Å². The Kier molecular flexibility index (Phi) is 6.13. The Morgan fingerprint density at radius 3 is 2.67 bits per heavy atom. The van der Waals surface area contributed by atoms with Crippen molar-refractivity contribution in [2.24, 2.45) is 5.92 Å². The highest BCUT2D eigenvalue weighted by molar-refractivity contribution is 7.98. The summed E-state index contributed by atoms with van der Waals surface area (Å²) >= 11 is 1.51. The lowest BCUT2D eigenvalue weighted by atomic mass is 10.1. The third kappa shape index (κ3) is 4.54. The summed E-state index contributed by atoms with van der Waals surface area (Å²) in [6.45, 7) is 4.26. The quantitative estimate of drug-likeness (QED) is 0.378. The molecule has 7 nitrogen and oxygen atoms in total. The van der Waals surface area contributed by atoms with E-state index in [0.717, 1.165) is 40.2 Å². The van der Waals surface area contributed by atoms with Crippen molar-refractivity contribution in [2.45, 2.75) is 31.2 Å². The molecule has 2 heterocycles. The van der Waals surface area contributed by atoms with Gasteiger partial charge in [0.15, 0.2) is 16.8 Å². The molecule has 0 aliphatic heterocycles. The van der Waals surface area contributed by atoms with E-state index in [4.69, 9.17) is 9.26 Å². The van der Waals surface area contributed by atoms with Crippen molar-refractivity contribution in [1.82, 2.24) is 24.9 Å². The topological polar surface area (TPSA) is 78.9 Å². The van der Waals surface area contributed by atoms with Gasteiger partial charge in [-0.25, -0.2) is 0 Å². The summed E-state index contributed by atoms with van der Waals surface area (Å²) in [6, 6.07) is 17.8. The molecule has 0 unspecified atom stereocenters. The van der Waals surface area contributed by atoms with E-state index in [1.807, 2.05) is 59.2 Å². The maximum atomic E-state index is 5.40. The molecule has 0 N–H and O–H groups in total. The molecule has 8 heteroatoms. The fourth-order valence-electron chi connectivity index (χ4n) is 3.05. The number of thioether (sulfide) groups is 1. The molecule has 0 radical (unpaired) electrons. The molecule has 0 atom stereocenters. The van der Waals surface area contributed by atoms with E-state index in [9.17, 15) is 0 Å². The molecule has 0 spiro atoms. The van der Waals surface area contributed by atoms with Gasteiger partial charge in [0, 0.05) is 17.7 Å². The van der Waals surface area contributed by atoms with E-state index in [-0.39, 0.29) is 0 Å². The number of ether oxygens (including phenoxy) is 1. The Balaban J connectivity index is 1.65. The first-order chi connectivity index (χ1) is 14.6. The van der Waals surface area contributed by atoms with Gasteiger partial charge in [0.2, 0.25) is 5.89 Å². The fourth-order valence-corrected chi connectivity index (χ4v) is 3.83. The molecule has 0 saturated heterocycles. The molecule has 30 heavy (non-hydrogen) atoms. The number of hydrogen-bond acceptors (Lipinski definition) is 7. The number of aromatic nitrogens is 5. The van der Waals surface area contributed by atoms with Crippen LogP contribution in [0.25, 0.3) is 17.1 Å². The highest BCUT2D eigenvalue weighted by Gasteiger charge is 2.18. The Hall–Kier alpha value is -3.13. The molecule has 0 amide bonds. The monoisotopic (exact) mass is 421 g/mol. The molecule has 4 aromatic rings. The van der Waals surface area contributed by atoms with Crippen molar-refractivity contribution < 1.29 is 9.26 Å². The number of benzene rings is 2. The summed E-state index contributed by atoms with van der Waals surface area (Å²) in [5, 5.41) is 13.7. The van der Waals surface area contributed by atoms with Gasteiger partial charge in [-0.2, -0.15) is 4.98 Å². The first-order valence-corrected chi connectivity index (χ1v) is 10.7. The average Bonchev–Trinajstić information content (AvgIpc) is 3.39. The molecule has 4 rings (SSSR count). The molecule has 154 valence electrons. The molecule has 0 aliphatic carbocycles. The lowest BCUT2D eigenvalue weighted by Crippen LogP contribution is -2.00. The van der Waals surface area contributed by atoms with Crippen molar-refractivity contribution in [2.75, 3.05) is 7.11 Å². The normalized spacial score (nSPS) is 11.2. The van der Waals surface area contributed by atoms with E-state index in [2.05, 4.69) is 34.2 Å². The summed E-state index contributed by atoms with van der Waals surface area (Å²) in [4.78, 5) is 4.48.